The van der Waals surface area contributed by atoms with Crippen LogP contribution in [0.15, 0.2) is 29.2 Å². The molecule has 114 valence electrons. The van der Waals surface area contributed by atoms with Crippen LogP contribution in [0, 0.1) is 24.7 Å². The van der Waals surface area contributed by atoms with E-state index in [2.05, 4.69) is 0 Å². The van der Waals surface area contributed by atoms with E-state index in [1.807, 2.05) is 19.1 Å². The molecule has 4 heteroatoms. The Morgan fingerprint density at radius 1 is 1.14 bits per heavy atom. The quantitative estimate of drug-likeness (QED) is 0.800. The largest absolute Gasteiger partial charge is 0.297 e. The Hall–Kier alpha value is -0.870. The molecule has 0 heterocycles. The highest BCUT2D eigenvalue weighted by Crippen LogP contribution is 2.63. The average molecular weight is 306 g/mol. The van der Waals surface area contributed by atoms with Crippen LogP contribution in [0.3, 0.4) is 0 Å². The van der Waals surface area contributed by atoms with Gasteiger partial charge in [-0.2, -0.15) is 8.42 Å². The van der Waals surface area contributed by atoms with Gasteiger partial charge in [-0.3, -0.25) is 4.18 Å². The summed E-state index contributed by atoms with van der Waals surface area (Å²) < 4.78 is 31.3. The summed E-state index contributed by atoms with van der Waals surface area (Å²) in [6, 6.07) is 7.00. The highest BCUT2D eigenvalue weighted by Gasteiger charge is 2.62. The van der Waals surface area contributed by atoms with Gasteiger partial charge in [0.2, 0.25) is 0 Å². The predicted molar refractivity (Wildman–Crippen MR) is 80.4 cm³/mol. The second-order valence-electron chi connectivity index (χ2n) is 7.07. The van der Waals surface area contributed by atoms with Crippen molar-refractivity contribution in [3.8, 4) is 0 Å². The molecule has 1 aromatic carbocycles. The van der Waals surface area contributed by atoms with E-state index < -0.39 is 10.1 Å². The molecule has 21 heavy (non-hydrogen) atoms. The molecule has 0 amide bonds. The summed E-state index contributed by atoms with van der Waals surface area (Å²) in [7, 11) is -3.65. The molecule has 3 aliphatic rings. The molecule has 3 nitrogen and oxygen atoms in total. The highest BCUT2D eigenvalue weighted by atomic mass is 32.2. The van der Waals surface area contributed by atoms with E-state index >= 15 is 0 Å². The molecule has 0 saturated heterocycles. The van der Waals surface area contributed by atoms with Crippen molar-refractivity contribution in [3.63, 3.8) is 0 Å². The van der Waals surface area contributed by atoms with E-state index in [1.165, 1.54) is 12.8 Å². The maximum Gasteiger partial charge on any atom is 0.297 e. The summed E-state index contributed by atoms with van der Waals surface area (Å²) in [4.78, 5) is 0.302. The lowest BCUT2D eigenvalue weighted by Crippen LogP contribution is -2.43. The number of hydrogen-bond acceptors (Lipinski definition) is 3. The van der Waals surface area contributed by atoms with Crippen LogP contribution in [-0.4, -0.2) is 14.0 Å². The van der Waals surface area contributed by atoms with E-state index in [1.54, 1.807) is 12.1 Å². The molecule has 0 aromatic heterocycles. The molecule has 3 fully saturated rings. The van der Waals surface area contributed by atoms with Crippen LogP contribution in [0.4, 0.5) is 0 Å². The van der Waals surface area contributed by atoms with Crippen molar-refractivity contribution in [2.45, 2.75) is 55.9 Å². The molecule has 0 radical (unpaired) electrons. The minimum Gasteiger partial charge on any atom is -0.259 e. The van der Waals surface area contributed by atoms with Crippen LogP contribution in [0.1, 0.15) is 44.1 Å². The van der Waals surface area contributed by atoms with Crippen LogP contribution in [0.25, 0.3) is 0 Å². The molecule has 0 aliphatic heterocycles. The van der Waals surface area contributed by atoms with E-state index in [0.29, 0.717) is 22.6 Å². The van der Waals surface area contributed by atoms with Crippen molar-refractivity contribution in [2.75, 3.05) is 0 Å². The van der Waals surface area contributed by atoms with Crippen molar-refractivity contribution in [1.82, 2.24) is 0 Å². The van der Waals surface area contributed by atoms with E-state index in [9.17, 15) is 8.42 Å². The van der Waals surface area contributed by atoms with Crippen LogP contribution >= 0.6 is 0 Å². The fraction of sp³-hybridized carbons (Fsp3) is 0.647. The maximum atomic E-state index is 12.7. The van der Waals surface area contributed by atoms with E-state index in [-0.39, 0.29) is 5.60 Å². The highest BCUT2D eigenvalue weighted by molar-refractivity contribution is 7.86. The normalized spacial score (nSPS) is 37.9. The van der Waals surface area contributed by atoms with Gasteiger partial charge in [0.15, 0.2) is 0 Å². The van der Waals surface area contributed by atoms with Crippen molar-refractivity contribution in [2.24, 2.45) is 17.8 Å². The minimum atomic E-state index is -3.65. The first-order chi connectivity index (χ1) is 10.0. The third-order valence-corrected chi connectivity index (χ3v) is 7.40. The third-order valence-electron chi connectivity index (χ3n) is 6.02. The first-order valence-corrected chi connectivity index (χ1v) is 9.44. The van der Waals surface area contributed by atoms with Gasteiger partial charge in [0.05, 0.1) is 10.5 Å². The maximum absolute atomic E-state index is 12.7. The van der Waals surface area contributed by atoms with Gasteiger partial charge in [0.1, 0.15) is 0 Å². The first kappa shape index (κ1) is 13.8. The van der Waals surface area contributed by atoms with Crippen molar-refractivity contribution >= 4 is 10.1 Å². The van der Waals surface area contributed by atoms with E-state index in [4.69, 9.17) is 4.18 Å². The van der Waals surface area contributed by atoms with Crippen LogP contribution < -0.4 is 0 Å². The molecule has 3 saturated carbocycles. The molecule has 4 rings (SSSR count). The van der Waals surface area contributed by atoms with Gasteiger partial charge in [-0.1, -0.05) is 24.1 Å². The number of aryl methyl sites for hydroxylation is 1. The standard InChI is InChI=1S/C17H22O3S/c1-12-4-8-15(9-5-12)21(18,19)20-17-10-2-3-16(17)13-6-7-14(17)11-13/h4-5,8-9,13-14,16H,2-3,6-7,10-11H2,1H3/t13-,14+,16+,17+/m1/s1. The number of benzene rings is 1. The summed E-state index contributed by atoms with van der Waals surface area (Å²) in [5, 5.41) is 0. The fourth-order valence-corrected chi connectivity index (χ4v) is 6.44. The van der Waals surface area contributed by atoms with Gasteiger partial charge >= 0.3 is 0 Å². The second-order valence-corrected chi connectivity index (χ2v) is 8.62. The molecule has 0 N–H and O–H groups in total. The topological polar surface area (TPSA) is 43.4 Å². The zero-order valence-corrected chi connectivity index (χ0v) is 13.2. The molecule has 0 unspecified atom stereocenters. The summed E-state index contributed by atoms with van der Waals surface area (Å²) in [5.41, 5.74) is 0.679. The first-order valence-electron chi connectivity index (χ1n) is 8.04. The Kier molecular flexibility index (Phi) is 2.99. The molecule has 1 aromatic rings. The Morgan fingerprint density at radius 3 is 2.67 bits per heavy atom. The van der Waals surface area contributed by atoms with Crippen molar-refractivity contribution in [1.29, 1.82) is 0 Å². The lowest BCUT2D eigenvalue weighted by molar-refractivity contribution is -0.00920. The van der Waals surface area contributed by atoms with Gasteiger partial charge < -0.3 is 0 Å². The van der Waals surface area contributed by atoms with Gasteiger partial charge in [0, 0.05) is 0 Å². The monoisotopic (exact) mass is 306 g/mol. The minimum absolute atomic E-state index is 0.302. The summed E-state index contributed by atoms with van der Waals surface area (Å²) in [5.74, 6) is 1.62. The molecular formula is C17H22O3S. The molecular weight excluding hydrogens is 284 g/mol. The van der Waals surface area contributed by atoms with Crippen molar-refractivity contribution < 1.29 is 12.6 Å². The van der Waals surface area contributed by atoms with Gasteiger partial charge in [0.25, 0.3) is 10.1 Å². The fourth-order valence-electron chi connectivity index (χ4n) is 5.12. The number of rotatable bonds is 3. The van der Waals surface area contributed by atoms with Crippen LogP contribution in [0.5, 0.6) is 0 Å². The SMILES string of the molecule is Cc1ccc(S(=O)(=O)O[C@]23CCC[C@H]2[C@@H]2CC[C@H]3C2)cc1. The molecule has 0 spiro atoms. The summed E-state index contributed by atoms with van der Waals surface area (Å²) >= 11 is 0. The Morgan fingerprint density at radius 2 is 1.90 bits per heavy atom. The van der Waals surface area contributed by atoms with Crippen molar-refractivity contribution in [3.05, 3.63) is 29.8 Å². The number of fused-ring (bicyclic) bond motifs is 5. The predicted octanol–water partition coefficient (Wildman–Crippen LogP) is 3.67. The van der Waals surface area contributed by atoms with Crippen LogP contribution in [0.2, 0.25) is 0 Å². The smallest absolute Gasteiger partial charge is 0.259 e. The Bertz CT molecular complexity index is 649. The van der Waals surface area contributed by atoms with Gasteiger partial charge in [-0.05, 0) is 68.9 Å². The zero-order chi connectivity index (χ0) is 14.7. The Balaban J connectivity index is 1.67. The summed E-state index contributed by atoms with van der Waals surface area (Å²) in [6.07, 6.45) is 6.76. The third kappa shape index (κ3) is 1.99. The lowest BCUT2D eigenvalue weighted by Gasteiger charge is -2.38. The second kappa shape index (κ2) is 4.56. The Labute approximate surface area is 126 Å². The average Bonchev–Trinajstić information content (AvgIpc) is 3.10. The van der Waals surface area contributed by atoms with Gasteiger partial charge in [-0.15, -0.1) is 0 Å². The zero-order valence-electron chi connectivity index (χ0n) is 12.4. The van der Waals surface area contributed by atoms with Crippen LogP contribution in [-0.2, 0) is 14.3 Å². The lowest BCUT2D eigenvalue weighted by atomic mass is 9.78. The molecule has 4 atom stereocenters. The molecule has 2 bridgehead atoms. The summed E-state index contributed by atoms with van der Waals surface area (Å²) in [6.45, 7) is 1.96. The van der Waals surface area contributed by atoms with Gasteiger partial charge in [-0.25, -0.2) is 0 Å². The molecule has 3 aliphatic carbocycles. The number of hydrogen-bond donors (Lipinski definition) is 0. The van der Waals surface area contributed by atoms with E-state index in [0.717, 1.165) is 31.2 Å².